The average Bonchev–Trinajstić information content (AvgIpc) is 2.57. The van der Waals surface area contributed by atoms with Gasteiger partial charge >= 0.3 is 0 Å². The maximum absolute atomic E-state index is 5.90. The molecule has 2 saturated carbocycles. The summed E-state index contributed by atoms with van der Waals surface area (Å²) >= 11 is 0. The number of fused-ring (bicyclic) bond motifs is 2. The van der Waals surface area contributed by atoms with Crippen molar-refractivity contribution in [1.29, 1.82) is 0 Å². The van der Waals surface area contributed by atoms with E-state index in [0.29, 0.717) is 17.1 Å². The van der Waals surface area contributed by atoms with Crippen molar-refractivity contribution in [2.24, 2.45) is 5.41 Å². The number of ether oxygens (including phenoxy) is 1. The van der Waals surface area contributed by atoms with Gasteiger partial charge in [-0.2, -0.15) is 0 Å². The molecular formula is C11H18O. The Morgan fingerprint density at radius 1 is 1.08 bits per heavy atom. The summed E-state index contributed by atoms with van der Waals surface area (Å²) < 4.78 is 5.90. The Kier molecular flexibility index (Phi) is 1.27. The molecule has 0 unspecified atom stereocenters. The van der Waals surface area contributed by atoms with Crippen molar-refractivity contribution >= 4 is 0 Å². The Balaban J connectivity index is 1.92. The van der Waals surface area contributed by atoms with Gasteiger partial charge < -0.3 is 4.74 Å². The van der Waals surface area contributed by atoms with Gasteiger partial charge in [-0.25, -0.2) is 0 Å². The minimum atomic E-state index is 0.321. The van der Waals surface area contributed by atoms with Gasteiger partial charge in [-0.1, -0.05) is 19.3 Å². The monoisotopic (exact) mass is 166 g/mol. The molecule has 68 valence electrons. The normalized spacial score (nSPS) is 49.2. The van der Waals surface area contributed by atoms with Gasteiger partial charge in [0.25, 0.3) is 0 Å². The average molecular weight is 166 g/mol. The van der Waals surface area contributed by atoms with Crippen molar-refractivity contribution in [3.8, 4) is 0 Å². The molecule has 2 atom stereocenters. The summed E-state index contributed by atoms with van der Waals surface area (Å²) in [7, 11) is 0. The third-order valence-corrected chi connectivity index (χ3v) is 4.68. The Bertz CT molecular complexity index is 205. The van der Waals surface area contributed by atoms with Crippen LogP contribution in [-0.2, 0) is 4.74 Å². The number of rotatable bonds is 0. The van der Waals surface area contributed by atoms with Crippen molar-refractivity contribution in [3.63, 3.8) is 0 Å². The molecule has 1 spiro atoms. The SMILES string of the molecule is C[C@@]12O[C@@H]1CCCC21CCCC1. The summed E-state index contributed by atoms with van der Waals surface area (Å²) in [5.74, 6) is 0. The first kappa shape index (κ1) is 7.37. The first-order chi connectivity index (χ1) is 5.77. The predicted octanol–water partition coefficient (Wildman–Crippen LogP) is 2.89. The van der Waals surface area contributed by atoms with Crippen LogP contribution >= 0.6 is 0 Å². The zero-order valence-corrected chi connectivity index (χ0v) is 7.94. The summed E-state index contributed by atoms with van der Waals surface area (Å²) in [6, 6.07) is 0. The minimum Gasteiger partial charge on any atom is -0.366 e. The zero-order valence-electron chi connectivity index (χ0n) is 7.94. The summed E-state index contributed by atoms with van der Waals surface area (Å²) in [6.07, 6.45) is 10.6. The zero-order chi connectivity index (χ0) is 8.23. The van der Waals surface area contributed by atoms with Crippen LogP contribution in [0.25, 0.3) is 0 Å². The molecule has 3 fully saturated rings. The lowest BCUT2D eigenvalue weighted by Crippen LogP contribution is -2.38. The van der Waals surface area contributed by atoms with E-state index in [1.807, 2.05) is 0 Å². The second kappa shape index (κ2) is 2.06. The van der Waals surface area contributed by atoms with E-state index in [-0.39, 0.29) is 0 Å². The van der Waals surface area contributed by atoms with E-state index >= 15 is 0 Å². The predicted molar refractivity (Wildman–Crippen MR) is 48.0 cm³/mol. The van der Waals surface area contributed by atoms with E-state index in [4.69, 9.17) is 4.74 Å². The van der Waals surface area contributed by atoms with Gasteiger partial charge in [-0.15, -0.1) is 0 Å². The quantitative estimate of drug-likeness (QED) is 0.504. The van der Waals surface area contributed by atoms with Gasteiger partial charge in [-0.05, 0) is 32.6 Å². The Morgan fingerprint density at radius 2 is 1.75 bits per heavy atom. The van der Waals surface area contributed by atoms with Gasteiger partial charge in [0.1, 0.15) is 0 Å². The van der Waals surface area contributed by atoms with Crippen molar-refractivity contribution in [1.82, 2.24) is 0 Å². The van der Waals surface area contributed by atoms with E-state index in [9.17, 15) is 0 Å². The maximum Gasteiger partial charge on any atom is 0.0976 e. The van der Waals surface area contributed by atoms with Crippen LogP contribution in [0.4, 0.5) is 0 Å². The highest BCUT2D eigenvalue weighted by molar-refractivity contribution is 5.15. The van der Waals surface area contributed by atoms with Gasteiger partial charge in [0.2, 0.25) is 0 Å². The highest BCUT2D eigenvalue weighted by Gasteiger charge is 2.66. The molecule has 0 bridgehead atoms. The van der Waals surface area contributed by atoms with Gasteiger partial charge in [0.15, 0.2) is 0 Å². The first-order valence-electron chi connectivity index (χ1n) is 5.45. The number of hydrogen-bond donors (Lipinski definition) is 0. The molecule has 12 heavy (non-hydrogen) atoms. The van der Waals surface area contributed by atoms with Crippen molar-refractivity contribution in [2.75, 3.05) is 0 Å². The number of hydrogen-bond acceptors (Lipinski definition) is 1. The molecule has 0 radical (unpaired) electrons. The third-order valence-electron chi connectivity index (χ3n) is 4.68. The molecule has 0 aromatic heterocycles. The Labute approximate surface area is 74.5 Å². The lowest BCUT2D eigenvalue weighted by atomic mass is 9.65. The van der Waals surface area contributed by atoms with Crippen LogP contribution in [0, 0.1) is 5.41 Å². The smallest absolute Gasteiger partial charge is 0.0976 e. The summed E-state index contributed by atoms with van der Waals surface area (Å²) in [6.45, 7) is 2.36. The van der Waals surface area contributed by atoms with Gasteiger partial charge in [0, 0.05) is 5.41 Å². The molecule has 1 heteroatoms. The minimum absolute atomic E-state index is 0.321. The van der Waals surface area contributed by atoms with E-state index in [1.54, 1.807) is 0 Å². The van der Waals surface area contributed by atoms with Gasteiger partial charge in [-0.3, -0.25) is 0 Å². The summed E-state index contributed by atoms with van der Waals surface area (Å²) in [5.41, 5.74) is 0.942. The second-order valence-electron chi connectivity index (χ2n) is 5.09. The fourth-order valence-corrected chi connectivity index (χ4v) is 3.73. The van der Waals surface area contributed by atoms with E-state index in [1.165, 1.54) is 44.9 Å². The van der Waals surface area contributed by atoms with Crippen molar-refractivity contribution < 1.29 is 4.74 Å². The molecule has 0 aromatic rings. The summed E-state index contributed by atoms with van der Waals surface area (Å²) in [5, 5.41) is 0. The first-order valence-corrected chi connectivity index (χ1v) is 5.45. The van der Waals surface area contributed by atoms with Crippen molar-refractivity contribution in [3.05, 3.63) is 0 Å². The topological polar surface area (TPSA) is 12.5 Å². The molecule has 0 amide bonds. The molecule has 2 aliphatic carbocycles. The van der Waals surface area contributed by atoms with Crippen LogP contribution in [0.1, 0.15) is 51.9 Å². The van der Waals surface area contributed by atoms with Crippen LogP contribution in [0.15, 0.2) is 0 Å². The largest absolute Gasteiger partial charge is 0.366 e. The van der Waals surface area contributed by atoms with Gasteiger partial charge in [0.05, 0.1) is 11.7 Å². The summed E-state index contributed by atoms with van der Waals surface area (Å²) in [4.78, 5) is 0. The van der Waals surface area contributed by atoms with E-state index < -0.39 is 0 Å². The molecule has 0 N–H and O–H groups in total. The molecular weight excluding hydrogens is 148 g/mol. The fraction of sp³-hybridized carbons (Fsp3) is 1.00. The van der Waals surface area contributed by atoms with Crippen LogP contribution in [0.5, 0.6) is 0 Å². The molecule has 0 aromatic carbocycles. The highest BCUT2D eigenvalue weighted by Crippen LogP contribution is 2.64. The molecule has 1 aliphatic heterocycles. The standard InChI is InChI=1S/C11H18O/c1-10-9(12-10)5-4-8-11(10)6-2-3-7-11/h9H,2-8H2,1H3/t9-,10-/m1/s1. The van der Waals surface area contributed by atoms with E-state index in [0.717, 1.165) is 0 Å². The molecule has 3 aliphatic rings. The van der Waals surface area contributed by atoms with Crippen LogP contribution in [0.2, 0.25) is 0 Å². The molecule has 3 rings (SSSR count). The van der Waals surface area contributed by atoms with Crippen LogP contribution in [0.3, 0.4) is 0 Å². The van der Waals surface area contributed by atoms with E-state index in [2.05, 4.69) is 6.92 Å². The third kappa shape index (κ3) is 0.693. The lowest BCUT2D eigenvalue weighted by molar-refractivity contribution is 0.106. The molecule has 1 nitrogen and oxygen atoms in total. The number of epoxide rings is 1. The lowest BCUT2D eigenvalue weighted by Gasteiger charge is -2.36. The van der Waals surface area contributed by atoms with Crippen molar-refractivity contribution in [2.45, 2.75) is 63.6 Å². The molecule has 1 saturated heterocycles. The Hall–Kier alpha value is -0.0400. The highest BCUT2D eigenvalue weighted by atomic mass is 16.6. The Morgan fingerprint density at radius 3 is 2.50 bits per heavy atom. The van der Waals surface area contributed by atoms with Crippen LogP contribution < -0.4 is 0 Å². The maximum atomic E-state index is 5.90. The second-order valence-corrected chi connectivity index (χ2v) is 5.09. The molecule has 1 heterocycles. The van der Waals surface area contributed by atoms with Crippen LogP contribution in [-0.4, -0.2) is 11.7 Å². The fourth-order valence-electron chi connectivity index (χ4n) is 3.73.